The van der Waals surface area contributed by atoms with Crippen LogP contribution in [0.25, 0.3) is 94.2 Å². The quantitative estimate of drug-likeness (QED) is 0.161. The van der Waals surface area contributed by atoms with Crippen LogP contribution in [0.4, 0.5) is 0 Å². The molecule has 0 aliphatic rings. The average molecular weight is 675 g/mol. The Bertz CT molecular complexity index is 2910. The molecular formula is C51H34N2. The summed E-state index contributed by atoms with van der Waals surface area (Å²) in [5.74, 6) is 0.936. The van der Waals surface area contributed by atoms with Crippen LogP contribution < -0.4 is 0 Å². The lowest BCUT2D eigenvalue weighted by Crippen LogP contribution is -1.98. The zero-order valence-electron chi connectivity index (χ0n) is 29.0. The molecule has 0 saturated carbocycles. The maximum atomic E-state index is 5.08. The predicted octanol–water partition coefficient (Wildman–Crippen LogP) is 13.7. The highest BCUT2D eigenvalue weighted by Crippen LogP contribution is 2.45. The van der Waals surface area contributed by atoms with Gasteiger partial charge in [-0.1, -0.05) is 170 Å². The smallest absolute Gasteiger partial charge is 0.145 e. The molecule has 9 aromatic carbocycles. The van der Waals surface area contributed by atoms with Gasteiger partial charge in [0.2, 0.25) is 0 Å². The summed E-state index contributed by atoms with van der Waals surface area (Å²) in [7, 11) is 0. The Kier molecular flexibility index (Phi) is 7.51. The van der Waals surface area contributed by atoms with E-state index >= 15 is 0 Å². The van der Waals surface area contributed by atoms with Gasteiger partial charge >= 0.3 is 0 Å². The van der Waals surface area contributed by atoms with Gasteiger partial charge in [-0.2, -0.15) is 0 Å². The van der Waals surface area contributed by atoms with Crippen molar-refractivity contribution in [1.29, 1.82) is 0 Å². The lowest BCUT2D eigenvalue weighted by molar-refractivity contribution is 1.10. The number of rotatable bonds is 6. The Hall–Kier alpha value is -7.03. The number of imidazole rings is 1. The average Bonchev–Trinajstić information content (AvgIpc) is 3.63. The second kappa shape index (κ2) is 12.9. The molecule has 248 valence electrons. The topological polar surface area (TPSA) is 17.8 Å². The van der Waals surface area contributed by atoms with E-state index in [1.165, 1.54) is 66.1 Å². The molecule has 0 spiro atoms. The Labute approximate surface area is 308 Å². The van der Waals surface area contributed by atoms with Crippen molar-refractivity contribution in [3.05, 3.63) is 206 Å². The third kappa shape index (κ3) is 5.40. The number of hydrogen-bond donors (Lipinski definition) is 0. The van der Waals surface area contributed by atoms with Gasteiger partial charge in [-0.25, -0.2) is 4.98 Å². The fourth-order valence-electron chi connectivity index (χ4n) is 7.94. The Morgan fingerprint density at radius 1 is 0.302 bits per heavy atom. The van der Waals surface area contributed by atoms with Crippen LogP contribution in [-0.2, 0) is 0 Å². The van der Waals surface area contributed by atoms with Crippen LogP contribution in [0.3, 0.4) is 0 Å². The Morgan fingerprint density at radius 2 is 0.792 bits per heavy atom. The molecule has 1 heterocycles. The maximum Gasteiger partial charge on any atom is 0.145 e. The molecule has 0 fully saturated rings. The molecule has 10 rings (SSSR count). The van der Waals surface area contributed by atoms with E-state index in [0.29, 0.717) is 0 Å². The number of para-hydroxylation sites is 2. The highest BCUT2D eigenvalue weighted by Gasteiger charge is 2.19. The summed E-state index contributed by atoms with van der Waals surface area (Å²) in [4.78, 5) is 5.08. The van der Waals surface area contributed by atoms with E-state index in [-0.39, 0.29) is 0 Å². The van der Waals surface area contributed by atoms with Crippen LogP contribution in [0.1, 0.15) is 0 Å². The largest absolute Gasteiger partial charge is 0.292 e. The van der Waals surface area contributed by atoms with Gasteiger partial charge in [-0.05, 0) is 102 Å². The van der Waals surface area contributed by atoms with E-state index in [4.69, 9.17) is 4.98 Å². The Morgan fingerprint density at radius 3 is 1.47 bits per heavy atom. The van der Waals surface area contributed by atoms with Crippen LogP contribution in [0.15, 0.2) is 206 Å². The summed E-state index contributed by atoms with van der Waals surface area (Å²) >= 11 is 0. The number of hydrogen-bond acceptors (Lipinski definition) is 1. The molecule has 10 aromatic rings. The van der Waals surface area contributed by atoms with Crippen molar-refractivity contribution in [3.63, 3.8) is 0 Å². The first-order valence-electron chi connectivity index (χ1n) is 18.1. The highest BCUT2D eigenvalue weighted by atomic mass is 15.1. The molecule has 0 aliphatic carbocycles. The molecule has 0 amide bonds. The van der Waals surface area contributed by atoms with E-state index in [9.17, 15) is 0 Å². The van der Waals surface area contributed by atoms with Crippen molar-refractivity contribution in [2.75, 3.05) is 0 Å². The third-order valence-electron chi connectivity index (χ3n) is 10.4. The third-order valence-corrected chi connectivity index (χ3v) is 10.4. The van der Waals surface area contributed by atoms with Crippen molar-refractivity contribution in [2.45, 2.75) is 0 Å². The molecule has 0 saturated heterocycles. The van der Waals surface area contributed by atoms with Crippen LogP contribution in [0, 0.1) is 0 Å². The van der Waals surface area contributed by atoms with Crippen molar-refractivity contribution >= 4 is 32.6 Å². The standard InChI is InChI=1S/C51H34N2/c1-4-15-35(16-5-1)39-21-14-22-41(33-39)50-44-24-11-10-23-43(44)49(45-32-29-40(34-46(45)50)36-17-6-2-7-18-36)37-27-30-42(31-28-37)53-48-26-13-12-25-47(48)52-51(53)38-19-8-3-9-20-38/h1-34H. The summed E-state index contributed by atoms with van der Waals surface area (Å²) in [5, 5.41) is 4.94. The van der Waals surface area contributed by atoms with Crippen LogP contribution in [-0.4, -0.2) is 9.55 Å². The lowest BCUT2D eigenvalue weighted by Gasteiger charge is -2.19. The van der Waals surface area contributed by atoms with Gasteiger partial charge in [-0.3, -0.25) is 4.57 Å². The highest BCUT2D eigenvalue weighted by molar-refractivity contribution is 6.22. The molecule has 0 atom stereocenters. The zero-order valence-corrected chi connectivity index (χ0v) is 29.0. The van der Waals surface area contributed by atoms with E-state index in [1.807, 2.05) is 6.07 Å². The number of aromatic nitrogens is 2. The van der Waals surface area contributed by atoms with Gasteiger partial charge in [0.05, 0.1) is 11.0 Å². The van der Waals surface area contributed by atoms with E-state index < -0.39 is 0 Å². The molecule has 0 bridgehead atoms. The minimum Gasteiger partial charge on any atom is -0.292 e. The van der Waals surface area contributed by atoms with Crippen LogP contribution in [0.5, 0.6) is 0 Å². The van der Waals surface area contributed by atoms with E-state index in [2.05, 4.69) is 205 Å². The second-order valence-electron chi connectivity index (χ2n) is 13.5. The SMILES string of the molecule is c1ccc(-c2cccc(-c3c4ccccc4c(-c4ccc(-n5c(-c6ccccc6)nc6ccccc65)cc4)c4ccc(-c5ccccc5)cc34)c2)cc1. The lowest BCUT2D eigenvalue weighted by atomic mass is 9.84. The first kappa shape index (κ1) is 30.8. The number of benzene rings is 9. The fraction of sp³-hybridized carbons (Fsp3) is 0. The van der Waals surface area contributed by atoms with E-state index in [1.54, 1.807) is 0 Å². The van der Waals surface area contributed by atoms with Gasteiger partial charge < -0.3 is 0 Å². The first-order valence-corrected chi connectivity index (χ1v) is 18.1. The van der Waals surface area contributed by atoms with Gasteiger partial charge in [-0.15, -0.1) is 0 Å². The molecule has 0 unspecified atom stereocenters. The number of nitrogens with zero attached hydrogens (tertiary/aromatic N) is 2. The number of fused-ring (bicyclic) bond motifs is 3. The molecule has 1 aromatic heterocycles. The molecular weight excluding hydrogens is 641 g/mol. The molecule has 53 heavy (non-hydrogen) atoms. The summed E-state index contributed by atoms with van der Waals surface area (Å²) < 4.78 is 2.28. The van der Waals surface area contributed by atoms with Crippen molar-refractivity contribution in [2.24, 2.45) is 0 Å². The summed E-state index contributed by atoms with van der Waals surface area (Å²) in [6, 6.07) is 74.1. The maximum absolute atomic E-state index is 5.08. The second-order valence-corrected chi connectivity index (χ2v) is 13.5. The fourth-order valence-corrected chi connectivity index (χ4v) is 7.94. The molecule has 0 N–H and O–H groups in total. The zero-order chi connectivity index (χ0) is 35.1. The van der Waals surface area contributed by atoms with Gasteiger partial charge in [0.15, 0.2) is 0 Å². The van der Waals surface area contributed by atoms with Crippen molar-refractivity contribution < 1.29 is 0 Å². The molecule has 0 aliphatic heterocycles. The minimum atomic E-state index is 0.936. The van der Waals surface area contributed by atoms with Gasteiger partial charge in [0.1, 0.15) is 5.82 Å². The van der Waals surface area contributed by atoms with Crippen LogP contribution >= 0.6 is 0 Å². The summed E-state index contributed by atoms with van der Waals surface area (Å²) in [5.41, 5.74) is 14.0. The van der Waals surface area contributed by atoms with E-state index in [0.717, 1.165) is 28.1 Å². The molecule has 2 nitrogen and oxygen atoms in total. The molecule has 0 radical (unpaired) electrons. The Balaban J connectivity index is 1.20. The summed E-state index contributed by atoms with van der Waals surface area (Å²) in [6.07, 6.45) is 0. The summed E-state index contributed by atoms with van der Waals surface area (Å²) in [6.45, 7) is 0. The minimum absolute atomic E-state index is 0.936. The van der Waals surface area contributed by atoms with Crippen molar-refractivity contribution in [3.8, 4) is 61.6 Å². The monoisotopic (exact) mass is 674 g/mol. The predicted molar refractivity (Wildman–Crippen MR) is 223 cm³/mol. The van der Waals surface area contributed by atoms with Crippen molar-refractivity contribution in [1.82, 2.24) is 9.55 Å². The van der Waals surface area contributed by atoms with Gasteiger partial charge in [0, 0.05) is 11.3 Å². The normalized spacial score (nSPS) is 11.4. The van der Waals surface area contributed by atoms with Crippen LogP contribution in [0.2, 0.25) is 0 Å². The molecule has 2 heteroatoms. The first-order chi connectivity index (χ1) is 26.3. The van der Waals surface area contributed by atoms with Gasteiger partial charge in [0.25, 0.3) is 0 Å².